The molecule has 3 saturated carbocycles. The van der Waals surface area contributed by atoms with E-state index in [1.165, 1.54) is 0 Å². The second-order valence-electron chi connectivity index (χ2n) is 12.7. The van der Waals surface area contributed by atoms with Gasteiger partial charge in [0, 0.05) is 5.56 Å². The largest absolute Gasteiger partial charge is 0.507 e. The predicted molar refractivity (Wildman–Crippen MR) is 129 cm³/mol. The molecular formula is C28H40O6. The Bertz CT molecular complexity index is 974. The lowest BCUT2D eigenvalue weighted by Gasteiger charge is -2.59. The number of phenolic OH excluding ortho intramolecular Hbond substituents is 3. The highest BCUT2D eigenvalue weighted by molar-refractivity contribution is 5.95. The predicted octanol–water partition coefficient (Wildman–Crippen LogP) is 5.41. The summed E-state index contributed by atoms with van der Waals surface area (Å²) in [7, 11) is 0. The third kappa shape index (κ3) is 3.39. The summed E-state index contributed by atoms with van der Waals surface area (Å²) in [5, 5.41) is 44.1. The molecule has 7 atom stereocenters. The molecule has 0 radical (unpaired) electrons. The SMILES string of the molecule is CC(C)CC(c1c(O)c(C=O)c(O)c(C=O)c1O)C1CCC(C)(O)C2C3C(CCC12C)C3(C)C. The molecule has 6 nitrogen and oxygen atoms in total. The van der Waals surface area contributed by atoms with Crippen LogP contribution in [0.1, 0.15) is 106 Å². The summed E-state index contributed by atoms with van der Waals surface area (Å²) < 4.78 is 0. The molecule has 1 aromatic rings. The molecule has 0 aromatic heterocycles. The number of fused-ring (bicyclic) bond motifs is 3. The smallest absolute Gasteiger partial charge is 0.157 e. The van der Waals surface area contributed by atoms with Crippen LogP contribution in [0, 0.1) is 40.4 Å². The summed E-state index contributed by atoms with van der Waals surface area (Å²) >= 11 is 0. The van der Waals surface area contributed by atoms with Crippen molar-refractivity contribution in [2.75, 3.05) is 0 Å². The minimum atomic E-state index is -0.800. The Morgan fingerprint density at radius 2 is 1.47 bits per heavy atom. The Hall–Kier alpha value is -2.08. The van der Waals surface area contributed by atoms with Gasteiger partial charge < -0.3 is 20.4 Å². The van der Waals surface area contributed by atoms with Crippen molar-refractivity contribution in [2.45, 2.75) is 85.2 Å². The number of carbonyl (C=O) groups excluding carboxylic acids is 2. The minimum absolute atomic E-state index is 0.0258. The minimum Gasteiger partial charge on any atom is -0.507 e. The Morgan fingerprint density at radius 3 is 1.97 bits per heavy atom. The molecule has 3 fully saturated rings. The van der Waals surface area contributed by atoms with E-state index >= 15 is 0 Å². The van der Waals surface area contributed by atoms with E-state index in [1.54, 1.807) is 0 Å². The Balaban J connectivity index is 1.90. The third-order valence-corrected chi connectivity index (χ3v) is 10.0. The number of aromatic hydroxyl groups is 3. The van der Waals surface area contributed by atoms with Crippen LogP contribution in [0.4, 0.5) is 0 Å². The van der Waals surface area contributed by atoms with E-state index in [-0.39, 0.29) is 51.2 Å². The molecule has 7 unspecified atom stereocenters. The van der Waals surface area contributed by atoms with E-state index in [1.807, 2.05) is 6.92 Å². The van der Waals surface area contributed by atoms with Crippen LogP contribution in [0.25, 0.3) is 0 Å². The van der Waals surface area contributed by atoms with Crippen molar-refractivity contribution in [2.24, 2.45) is 40.4 Å². The lowest BCUT2D eigenvalue weighted by atomic mass is 9.47. The van der Waals surface area contributed by atoms with Gasteiger partial charge in [0.25, 0.3) is 0 Å². The first kappa shape index (κ1) is 25.0. The van der Waals surface area contributed by atoms with Gasteiger partial charge in [-0.25, -0.2) is 0 Å². The van der Waals surface area contributed by atoms with Gasteiger partial charge in [-0.05, 0) is 85.4 Å². The zero-order valence-corrected chi connectivity index (χ0v) is 21.3. The fourth-order valence-corrected chi connectivity index (χ4v) is 8.48. The van der Waals surface area contributed by atoms with Gasteiger partial charge in [-0.15, -0.1) is 0 Å². The van der Waals surface area contributed by atoms with Gasteiger partial charge in [-0.3, -0.25) is 9.59 Å². The molecule has 3 aliphatic carbocycles. The summed E-state index contributed by atoms with van der Waals surface area (Å²) in [5.74, 6) is -0.575. The lowest BCUT2D eigenvalue weighted by molar-refractivity contribution is -0.155. The highest BCUT2D eigenvalue weighted by Crippen LogP contribution is 2.76. The zero-order chi connectivity index (χ0) is 25.4. The summed E-state index contributed by atoms with van der Waals surface area (Å²) in [6, 6.07) is 0. The molecule has 3 aliphatic rings. The van der Waals surface area contributed by atoms with Crippen LogP contribution in [-0.4, -0.2) is 38.6 Å². The van der Waals surface area contributed by atoms with E-state index in [9.17, 15) is 30.0 Å². The van der Waals surface area contributed by atoms with Gasteiger partial charge in [-0.2, -0.15) is 0 Å². The molecule has 4 N–H and O–H groups in total. The van der Waals surface area contributed by atoms with E-state index in [0.717, 1.165) is 12.8 Å². The first-order chi connectivity index (χ1) is 15.7. The number of carbonyl (C=O) groups is 2. The maximum Gasteiger partial charge on any atom is 0.157 e. The molecule has 0 saturated heterocycles. The van der Waals surface area contributed by atoms with Gasteiger partial charge in [0.1, 0.15) is 17.2 Å². The first-order valence-corrected chi connectivity index (χ1v) is 12.7. The molecule has 1 aromatic carbocycles. The monoisotopic (exact) mass is 472 g/mol. The van der Waals surface area contributed by atoms with Crippen molar-refractivity contribution in [3.8, 4) is 17.2 Å². The van der Waals surface area contributed by atoms with Crippen LogP contribution in [0.3, 0.4) is 0 Å². The topological polar surface area (TPSA) is 115 Å². The second-order valence-corrected chi connectivity index (χ2v) is 12.7. The Labute approximate surface area is 202 Å². The second kappa shape index (κ2) is 7.97. The highest BCUT2D eigenvalue weighted by Gasteiger charge is 2.72. The number of benzene rings is 1. The van der Waals surface area contributed by atoms with Crippen molar-refractivity contribution >= 4 is 12.6 Å². The average molecular weight is 473 g/mol. The van der Waals surface area contributed by atoms with Crippen LogP contribution in [0.15, 0.2) is 0 Å². The van der Waals surface area contributed by atoms with Crippen LogP contribution in [-0.2, 0) is 0 Å². The van der Waals surface area contributed by atoms with Gasteiger partial charge in [0.15, 0.2) is 12.6 Å². The summed E-state index contributed by atoms with van der Waals surface area (Å²) in [6.07, 6.45) is 4.66. The molecule has 0 amide bonds. The van der Waals surface area contributed by atoms with E-state index in [0.29, 0.717) is 43.7 Å². The number of aldehydes is 2. The quantitative estimate of drug-likeness (QED) is 0.412. The molecule has 4 rings (SSSR count). The van der Waals surface area contributed by atoms with Crippen molar-refractivity contribution in [3.63, 3.8) is 0 Å². The molecule has 0 spiro atoms. The number of rotatable bonds is 6. The molecule has 0 bridgehead atoms. The summed E-state index contributed by atoms with van der Waals surface area (Å²) in [6.45, 7) is 13.0. The fourth-order valence-electron chi connectivity index (χ4n) is 8.48. The van der Waals surface area contributed by atoms with Crippen molar-refractivity contribution in [3.05, 3.63) is 16.7 Å². The first-order valence-electron chi connectivity index (χ1n) is 12.7. The van der Waals surface area contributed by atoms with Gasteiger partial charge in [-0.1, -0.05) is 34.6 Å². The maximum absolute atomic E-state index is 11.7. The van der Waals surface area contributed by atoms with Crippen LogP contribution in [0.2, 0.25) is 0 Å². The van der Waals surface area contributed by atoms with E-state index in [2.05, 4.69) is 34.6 Å². The fraction of sp³-hybridized carbons (Fsp3) is 0.714. The Kier molecular flexibility index (Phi) is 5.87. The van der Waals surface area contributed by atoms with Crippen molar-refractivity contribution in [1.29, 1.82) is 0 Å². The maximum atomic E-state index is 11.7. The lowest BCUT2D eigenvalue weighted by Crippen LogP contribution is -2.56. The highest BCUT2D eigenvalue weighted by atomic mass is 16.3. The van der Waals surface area contributed by atoms with Crippen molar-refractivity contribution in [1.82, 2.24) is 0 Å². The molecule has 0 heterocycles. The van der Waals surface area contributed by atoms with Gasteiger partial charge in [0.05, 0.1) is 16.7 Å². The van der Waals surface area contributed by atoms with E-state index in [4.69, 9.17) is 0 Å². The molecule has 34 heavy (non-hydrogen) atoms. The standard InChI is InChI=1S/C28H40O6/c1-14(2)11-15(20-23(32)16(12-29)22(31)17(13-30)24(20)33)18-8-10-28(6,34)25-21-19(26(21,3)4)7-9-27(18,25)5/h12-15,18-19,21,25,31-34H,7-11H2,1-6H3. The van der Waals surface area contributed by atoms with E-state index < -0.39 is 22.8 Å². The summed E-state index contributed by atoms with van der Waals surface area (Å²) in [4.78, 5) is 23.5. The normalized spacial score (nSPS) is 36.9. The van der Waals surface area contributed by atoms with Crippen LogP contribution in [0.5, 0.6) is 17.2 Å². The third-order valence-electron chi connectivity index (χ3n) is 10.0. The molecule has 6 heteroatoms. The molecule has 188 valence electrons. The van der Waals surface area contributed by atoms with Gasteiger partial charge >= 0.3 is 0 Å². The average Bonchev–Trinajstić information content (AvgIpc) is 3.27. The molecular weight excluding hydrogens is 432 g/mol. The molecule has 0 aliphatic heterocycles. The number of phenols is 3. The zero-order valence-electron chi connectivity index (χ0n) is 21.3. The number of aliphatic hydroxyl groups is 1. The van der Waals surface area contributed by atoms with Crippen LogP contribution < -0.4 is 0 Å². The summed E-state index contributed by atoms with van der Waals surface area (Å²) in [5.41, 5.74) is -1.40. The van der Waals surface area contributed by atoms with Crippen LogP contribution >= 0.6 is 0 Å². The number of hydrogen-bond acceptors (Lipinski definition) is 6. The van der Waals surface area contributed by atoms with Crippen molar-refractivity contribution < 1.29 is 30.0 Å². The van der Waals surface area contributed by atoms with Gasteiger partial charge in [0.2, 0.25) is 0 Å². The number of hydrogen-bond donors (Lipinski definition) is 4. The Morgan fingerprint density at radius 1 is 0.912 bits per heavy atom.